The number of halogens is 2. The van der Waals surface area contributed by atoms with Crippen LogP contribution in [0.15, 0.2) is 0 Å². The molecule has 3 N–H and O–H groups in total. The highest BCUT2D eigenvalue weighted by Gasteiger charge is 1.89. The first-order valence-electron chi connectivity index (χ1n) is 2.66. The van der Waals surface area contributed by atoms with Crippen molar-refractivity contribution in [2.45, 2.75) is 13.3 Å². The van der Waals surface area contributed by atoms with Gasteiger partial charge >= 0.3 is 5.97 Å². The summed E-state index contributed by atoms with van der Waals surface area (Å²) in [5, 5.41) is 7.83. The molecule has 0 saturated carbocycles. The largest absolute Gasteiger partial charge is 0.481 e. The van der Waals surface area contributed by atoms with E-state index < -0.39 is 5.97 Å². The lowest BCUT2D eigenvalue weighted by Gasteiger charge is -1.78. The van der Waals surface area contributed by atoms with Crippen LogP contribution >= 0.6 is 24.0 Å². The number of nitrogens with two attached hydrogens (primary N) is 1. The van der Waals surface area contributed by atoms with Crippen molar-refractivity contribution >= 4 is 30.0 Å². The molecule has 0 aromatic rings. The monoisotopic (exact) mass is 189 g/mol. The summed E-state index contributed by atoms with van der Waals surface area (Å²) in [5.74, 6) is -0.639. The fraction of sp³-hybridized carbons (Fsp3) is 0.800. The lowest BCUT2D eigenvalue weighted by atomic mass is 10.5. The molecule has 0 aliphatic heterocycles. The maximum atomic E-state index is 9.51. The summed E-state index contributed by atoms with van der Waals surface area (Å²) in [4.78, 5) is 9.51. The predicted molar refractivity (Wildman–Crippen MR) is 44.9 cm³/mol. The Bertz CT molecular complexity index is 70.7. The molecule has 64 valence electrons. The molecule has 0 bridgehead atoms. The van der Waals surface area contributed by atoms with E-state index in [4.69, 9.17) is 22.4 Å². The van der Waals surface area contributed by atoms with E-state index in [0.717, 1.165) is 6.54 Å². The van der Waals surface area contributed by atoms with Crippen LogP contribution in [0.5, 0.6) is 0 Å². The van der Waals surface area contributed by atoms with Crippen molar-refractivity contribution in [2.75, 3.05) is 12.4 Å². The van der Waals surface area contributed by atoms with Crippen molar-refractivity contribution in [2.24, 2.45) is 5.73 Å². The van der Waals surface area contributed by atoms with Crippen LogP contribution in [-0.4, -0.2) is 23.5 Å². The van der Waals surface area contributed by atoms with Gasteiger partial charge in [-0.1, -0.05) is 6.92 Å². The number of aliphatic carboxylic acids is 1. The van der Waals surface area contributed by atoms with Crippen molar-refractivity contribution in [3.63, 3.8) is 0 Å². The summed E-state index contributed by atoms with van der Waals surface area (Å²) >= 11 is 5.02. The Morgan fingerprint density at radius 3 is 2.00 bits per heavy atom. The Balaban J connectivity index is -0.000000107. The fourth-order valence-electron chi connectivity index (χ4n) is 0.0808. The maximum absolute atomic E-state index is 9.51. The molecule has 0 spiro atoms. The summed E-state index contributed by atoms with van der Waals surface area (Å²) in [7, 11) is 0. The van der Waals surface area contributed by atoms with Crippen molar-refractivity contribution in [1.29, 1.82) is 0 Å². The van der Waals surface area contributed by atoms with Gasteiger partial charge in [-0.2, -0.15) is 0 Å². The first-order valence-corrected chi connectivity index (χ1v) is 3.20. The highest BCUT2D eigenvalue weighted by Crippen LogP contribution is 1.80. The zero-order valence-corrected chi connectivity index (χ0v) is 7.41. The topological polar surface area (TPSA) is 63.3 Å². The number of hydrogen-bond acceptors (Lipinski definition) is 2. The van der Waals surface area contributed by atoms with E-state index in [1.165, 1.54) is 0 Å². The maximum Gasteiger partial charge on any atom is 0.304 e. The molecule has 5 heteroatoms. The lowest BCUT2D eigenvalue weighted by molar-refractivity contribution is -0.136. The van der Waals surface area contributed by atoms with Gasteiger partial charge in [0, 0.05) is 5.88 Å². The molecule has 0 atom stereocenters. The number of carboxylic acids is 1. The number of rotatable bonds is 2. The first-order chi connectivity index (χ1) is 4.18. The molecule has 0 rings (SSSR count). The molecule has 10 heavy (non-hydrogen) atoms. The lowest BCUT2D eigenvalue weighted by Crippen LogP contribution is -1.93. The standard InChI is InChI=1S/C3H5ClO2.C2H7N.ClH/c4-2-1-3(5)6;1-2-3;/h1-2H2,(H,5,6);2-3H2,1H3;1H. The van der Waals surface area contributed by atoms with Gasteiger partial charge in [-0.05, 0) is 6.54 Å². The van der Waals surface area contributed by atoms with E-state index >= 15 is 0 Å². The number of alkyl halides is 1. The minimum atomic E-state index is -0.843. The van der Waals surface area contributed by atoms with E-state index in [1.54, 1.807) is 0 Å². The van der Waals surface area contributed by atoms with Crippen molar-refractivity contribution in [1.82, 2.24) is 0 Å². The molecular formula is C5H13Cl2NO2. The van der Waals surface area contributed by atoms with Crippen molar-refractivity contribution in [3.05, 3.63) is 0 Å². The van der Waals surface area contributed by atoms with Crippen LogP contribution in [0.3, 0.4) is 0 Å². The van der Waals surface area contributed by atoms with Crippen LogP contribution in [0.4, 0.5) is 0 Å². The second-order valence-corrected chi connectivity index (χ2v) is 1.62. The molecule has 0 radical (unpaired) electrons. The first kappa shape index (κ1) is 16.5. The van der Waals surface area contributed by atoms with Crippen LogP contribution < -0.4 is 5.73 Å². The van der Waals surface area contributed by atoms with Crippen LogP contribution in [0.2, 0.25) is 0 Å². The number of carbonyl (C=O) groups is 1. The molecule has 0 heterocycles. The normalized spacial score (nSPS) is 6.70. The van der Waals surface area contributed by atoms with E-state index in [0.29, 0.717) is 0 Å². The van der Waals surface area contributed by atoms with Crippen LogP contribution in [0.1, 0.15) is 13.3 Å². The molecule has 3 nitrogen and oxygen atoms in total. The van der Waals surface area contributed by atoms with Gasteiger partial charge in [0.1, 0.15) is 0 Å². The zero-order valence-electron chi connectivity index (χ0n) is 5.84. The minimum absolute atomic E-state index is 0. The van der Waals surface area contributed by atoms with Crippen LogP contribution in [-0.2, 0) is 4.79 Å². The average Bonchev–Trinajstić information content (AvgIpc) is 1.67. The van der Waals surface area contributed by atoms with Gasteiger partial charge < -0.3 is 10.8 Å². The third kappa shape index (κ3) is 43.4. The Morgan fingerprint density at radius 2 is 2.00 bits per heavy atom. The summed E-state index contributed by atoms with van der Waals surface area (Å²) in [6.07, 6.45) is 0.0571. The van der Waals surface area contributed by atoms with Gasteiger partial charge in [0.2, 0.25) is 0 Å². The Hall–Kier alpha value is 0.01000. The number of carboxylic acid groups (broad SMARTS) is 1. The van der Waals surface area contributed by atoms with Gasteiger partial charge in [-0.3, -0.25) is 4.79 Å². The average molecular weight is 190 g/mol. The molecule has 0 aromatic heterocycles. The fourth-order valence-corrected chi connectivity index (χ4v) is 0.243. The third-order valence-corrected chi connectivity index (χ3v) is 0.497. The van der Waals surface area contributed by atoms with Crippen molar-refractivity contribution in [3.8, 4) is 0 Å². The molecule has 0 aliphatic rings. The van der Waals surface area contributed by atoms with E-state index in [9.17, 15) is 4.79 Å². The summed E-state index contributed by atoms with van der Waals surface area (Å²) in [5.41, 5.74) is 4.85. The highest BCUT2D eigenvalue weighted by atomic mass is 35.5. The molecule has 0 aromatic carbocycles. The SMILES string of the molecule is CCN.Cl.O=C(O)CCCl. The van der Waals surface area contributed by atoms with Gasteiger partial charge in [-0.25, -0.2) is 0 Å². The predicted octanol–water partition coefficient (Wildman–Crippen LogP) is 1.09. The second kappa shape index (κ2) is 16.0. The molecular weight excluding hydrogens is 177 g/mol. The van der Waals surface area contributed by atoms with E-state index in [-0.39, 0.29) is 24.7 Å². The Kier molecular flexibility index (Phi) is 26.5. The van der Waals surface area contributed by atoms with Gasteiger partial charge in [0.05, 0.1) is 6.42 Å². The zero-order chi connectivity index (χ0) is 7.70. The smallest absolute Gasteiger partial charge is 0.304 e. The molecule has 0 saturated heterocycles. The summed E-state index contributed by atoms with van der Waals surface area (Å²) in [6.45, 7) is 2.65. The third-order valence-electron chi connectivity index (χ3n) is 0.308. The Labute approximate surface area is 72.0 Å². The molecule has 0 unspecified atom stereocenters. The molecule has 0 fully saturated rings. The van der Waals surface area contributed by atoms with E-state index in [2.05, 4.69) is 0 Å². The van der Waals surface area contributed by atoms with Crippen LogP contribution in [0, 0.1) is 0 Å². The second-order valence-electron chi connectivity index (χ2n) is 1.24. The van der Waals surface area contributed by atoms with E-state index in [1.807, 2.05) is 6.92 Å². The quantitative estimate of drug-likeness (QED) is 0.640. The van der Waals surface area contributed by atoms with Gasteiger partial charge in [0.15, 0.2) is 0 Å². The van der Waals surface area contributed by atoms with Crippen LogP contribution in [0.25, 0.3) is 0 Å². The molecule has 0 amide bonds. The summed E-state index contributed by atoms with van der Waals surface area (Å²) in [6, 6.07) is 0. The molecule has 0 aliphatic carbocycles. The van der Waals surface area contributed by atoms with Gasteiger partial charge in [0.25, 0.3) is 0 Å². The van der Waals surface area contributed by atoms with Gasteiger partial charge in [-0.15, -0.1) is 24.0 Å². The number of hydrogen-bond donors (Lipinski definition) is 2. The summed E-state index contributed by atoms with van der Waals surface area (Å²) < 4.78 is 0. The highest BCUT2D eigenvalue weighted by molar-refractivity contribution is 6.18. The minimum Gasteiger partial charge on any atom is -0.481 e. The Morgan fingerprint density at radius 1 is 1.70 bits per heavy atom. The van der Waals surface area contributed by atoms with Crippen molar-refractivity contribution < 1.29 is 9.90 Å².